The standard InChI is InChI=1S/C25H21FN4O3/c26-16-1-3-19(4-2-16)30-15-22(25(32)33)24(31)21-6-5-20(13-23(21)30)29-12-9-18(14-29)28-17-7-10-27-11-8-17/h1-7,10-11,13,15,18H,8-9,12,14H2,(H,32,33). The maximum Gasteiger partial charge on any atom is 0.341 e. The van der Waals surface area contributed by atoms with Gasteiger partial charge in [0.25, 0.3) is 0 Å². The second-order valence-electron chi connectivity index (χ2n) is 8.09. The number of carboxylic acids is 1. The lowest BCUT2D eigenvalue weighted by molar-refractivity contribution is 0.0695. The van der Waals surface area contributed by atoms with E-state index in [1.54, 1.807) is 29.0 Å². The smallest absolute Gasteiger partial charge is 0.341 e. The molecule has 0 bridgehead atoms. The van der Waals surface area contributed by atoms with Gasteiger partial charge in [-0.15, -0.1) is 0 Å². The first kappa shape index (κ1) is 20.8. The van der Waals surface area contributed by atoms with E-state index in [1.807, 2.05) is 24.4 Å². The topological polar surface area (TPSA) is 87.3 Å². The number of aromatic nitrogens is 1. The molecule has 3 aromatic rings. The van der Waals surface area contributed by atoms with Crippen molar-refractivity contribution in [1.82, 2.24) is 4.57 Å². The number of rotatable bonds is 4. The third-order valence-electron chi connectivity index (χ3n) is 5.96. The second kappa shape index (κ2) is 8.46. The van der Waals surface area contributed by atoms with Gasteiger partial charge in [0.05, 0.1) is 11.6 Å². The van der Waals surface area contributed by atoms with Gasteiger partial charge in [0.15, 0.2) is 0 Å². The van der Waals surface area contributed by atoms with E-state index in [4.69, 9.17) is 4.99 Å². The zero-order valence-corrected chi connectivity index (χ0v) is 17.7. The summed E-state index contributed by atoms with van der Waals surface area (Å²) < 4.78 is 15.1. The molecule has 7 nitrogen and oxygen atoms in total. The summed E-state index contributed by atoms with van der Waals surface area (Å²) in [6.45, 7) is 1.56. The summed E-state index contributed by atoms with van der Waals surface area (Å²) in [7, 11) is 0. The molecule has 33 heavy (non-hydrogen) atoms. The van der Waals surface area contributed by atoms with Crippen molar-refractivity contribution >= 4 is 34.5 Å². The fourth-order valence-electron chi connectivity index (χ4n) is 4.29. The molecule has 2 aliphatic rings. The van der Waals surface area contributed by atoms with Crippen molar-refractivity contribution in [2.24, 2.45) is 9.98 Å². The zero-order chi connectivity index (χ0) is 22.9. The van der Waals surface area contributed by atoms with Gasteiger partial charge in [-0.1, -0.05) is 0 Å². The van der Waals surface area contributed by atoms with E-state index in [2.05, 4.69) is 9.89 Å². The lowest BCUT2D eigenvalue weighted by Crippen LogP contribution is -2.22. The first-order chi connectivity index (χ1) is 16.0. The van der Waals surface area contributed by atoms with Crippen LogP contribution in [0.15, 0.2) is 75.7 Å². The lowest BCUT2D eigenvalue weighted by atomic mass is 10.1. The van der Waals surface area contributed by atoms with Crippen LogP contribution in [-0.2, 0) is 0 Å². The molecule has 1 fully saturated rings. The molecule has 5 rings (SSSR count). The summed E-state index contributed by atoms with van der Waals surface area (Å²) in [5, 5.41) is 9.82. The molecule has 1 atom stereocenters. The number of nitrogens with zero attached hydrogens (tertiary/aromatic N) is 4. The quantitative estimate of drug-likeness (QED) is 0.663. The molecule has 0 saturated carbocycles. The average molecular weight is 444 g/mol. The Morgan fingerprint density at radius 2 is 1.94 bits per heavy atom. The van der Waals surface area contributed by atoms with Crippen LogP contribution in [0.2, 0.25) is 0 Å². The monoisotopic (exact) mass is 444 g/mol. The van der Waals surface area contributed by atoms with E-state index < -0.39 is 17.2 Å². The van der Waals surface area contributed by atoms with Gasteiger partial charge < -0.3 is 14.6 Å². The number of allylic oxidation sites excluding steroid dienone is 1. The predicted molar refractivity (Wildman–Crippen MR) is 127 cm³/mol. The van der Waals surface area contributed by atoms with Crippen molar-refractivity contribution in [1.29, 1.82) is 0 Å². The molecule has 166 valence electrons. The molecular weight excluding hydrogens is 423 g/mol. The lowest BCUT2D eigenvalue weighted by Gasteiger charge is -2.20. The van der Waals surface area contributed by atoms with Gasteiger partial charge >= 0.3 is 5.97 Å². The molecular formula is C25H21FN4O3. The number of halogens is 1. The van der Waals surface area contributed by atoms with E-state index in [9.17, 15) is 19.1 Å². The van der Waals surface area contributed by atoms with E-state index in [-0.39, 0.29) is 11.6 Å². The summed E-state index contributed by atoms with van der Waals surface area (Å²) in [6.07, 6.45) is 8.47. The Hall–Kier alpha value is -4.07. The number of fused-ring (bicyclic) bond motifs is 1. The molecule has 0 spiro atoms. The highest BCUT2D eigenvalue weighted by molar-refractivity contribution is 6.04. The summed E-state index contributed by atoms with van der Waals surface area (Å²) >= 11 is 0. The van der Waals surface area contributed by atoms with E-state index in [0.29, 0.717) is 16.6 Å². The summed E-state index contributed by atoms with van der Waals surface area (Å²) in [5.74, 6) is -1.70. The van der Waals surface area contributed by atoms with Crippen molar-refractivity contribution in [2.75, 3.05) is 18.0 Å². The molecule has 1 N–H and O–H groups in total. The zero-order valence-electron chi connectivity index (χ0n) is 17.7. The number of hydrogen-bond donors (Lipinski definition) is 1. The van der Waals surface area contributed by atoms with Crippen LogP contribution >= 0.6 is 0 Å². The maximum atomic E-state index is 13.5. The van der Waals surface area contributed by atoms with Gasteiger partial charge in [0.1, 0.15) is 11.4 Å². The minimum Gasteiger partial charge on any atom is -0.477 e. The number of anilines is 1. The first-order valence-corrected chi connectivity index (χ1v) is 10.7. The van der Waals surface area contributed by atoms with Crippen LogP contribution in [0.4, 0.5) is 10.1 Å². The van der Waals surface area contributed by atoms with Crippen LogP contribution in [-0.4, -0.2) is 46.7 Å². The fraction of sp³-hybridized carbons (Fsp3) is 0.200. The Balaban J connectivity index is 1.55. The SMILES string of the molecule is O=C(O)c1cn(-c2ccc(F)cc2)c2cc(N3CCC(N=C4C=CN=CC4)C3)ccc2c1=O. The van der Waals surface area contributed by atoms with Gasteiger partial charge in [-0.05, 0) is 55.0 Å². The molecule has 0 aliphatic carbocycles. The molecule has 2 aromatic carbocycles. The van der Waals surface area contributed by atoms with Crippen LogP contribution in [0.3, 0.4) is 0 Å². The Morgan fingerprint density at radius 3 is 2.67 bits per heavy atom. The van der Waals surface area contributed by atoms with Crippen LogP contribution in [0, 0.1) is 5.82 Å². The third kappa shape index (κ3) is 4.07. The predicted octanol–water partition coefficient (Wildman–Crippen LogP) is 3.84. The number of hydrogen-bond acceptors (Lipinski definition) is 5. The number of pyridine rings is 1. The Labute approximate surface area is 188 Å². The molecule has 3 heterocycles. The van der Waals surface area contributed by atoms with Gasteiger partial charge in [-0.25, -0.2) is 9.18 Å². The highest BCUT2D eigenvalue weighted by Crippen LogP contribution is 2.27. The first-order valence-electron chi connectivity index (χ1n) is 10.7. The molecule has 0 radical (unpaired) electrons. The molecule has 2 aliphatic heterocycles. The highest BCUT2D eigenvalue weighted by Gasteiger charge is 2.24. The van der Waals surface area contributed by atoms with Gasteiger partial charge in [0, 0.05) is 60.6 Å². The van der Waals surface area contributed by atoms with Crippen molar-refractivity contribution in [3.8, 4) is 5.69 Å². The summed E-state index contributed by atoms with van der Waals surface area (Å²) in [6, 6.07) is 11.3. The van der Waals surface area contributed by atoms with Crippen LogP contribution < -0.4 is 10.3 Å². The number of carbonyl (C=O) groups is 1. The van der Waals surface area contributed by atoms with Crippen molar-refractivity contribution in [3.63, 3.8) is 0 Å². The molecule has 8 heteroatoms. The van der Waals surface area contributed by atoms with Crippen molar-refractivity contribution in [2.45, 2.75) is 18.9 Å². The van der Waals surface area contributed by atoms with E-state index >= 15 is 0 Å². The molecule has 0 amide bonds. The minimum atomic E-state index is -1.30. The summed E-state index contributed by atoms with van der Waals surface area (Å²) in [4.78, 5) is 35.6. The third-order valence-corrected chi connectivity index (χ3v) is 5.96. The number of aliphatic imine (C=N–C) groups is 2. The number of benzene rings is 2. The van der Waals surface area contributed by atoms with Gasteiger partial charge in [-0.3, -0.25) is 14.8 Å². The fourth-order valence-corrected chi connectivity index (χ4v) is 4.29. The van der Waals surface area contributed by atoms with E-state index in [0.717, 1.165) is 37.3 Å². The Morgan fingerprint density at radius 1 is 1.15 bits per heavy atom. The van der Waals surface area contributed by atoms with Crippen LogP contribution in [0.1, 0.15) is 23.2 Å². The van der Waals surface area contributed by atoms with Crippen molar-refractivity contribution in [3.05, 3.63) is 82.5 Å². The molecule has 1 unspecified atom stereocenters. The maximum absolute atomic E-state index is 13.5. The molecule has 1 saturated heterocycles. The average Bonchev–Trinajstić information content (AvgIpc) is 3.29. The highest BCUT2D eigenvalue weighted by atomic mass is 19.1. The van der Waals surface area contributed by atoms with Gasteiger partial charge in [0.2, 0.25) is 5.43 Å². The van der Waals surface area contributed by atoms with Crippen LogP contribution in [0.5, 0.6) is 0 Å². The normalized spacial score (nSPS) is 19.0. The number of carboxylic acid groups (broad SMARTS) is 1. The Bertz CT molecular complexity index is 1390. The van der Waals surface area contributed by atoms with Crippen LogP contribution in [0.25, 0.3) is 16.6 Å². The van der Waals surface area contributed by atoms with E-state index in [1.165, 1.54) is 18.3 Å². The minimum absolute atomic E-state index is 0.167. The van der Waals surface area contributed by atoms with Gasteiger partial charge in [-0.2, -0.15) is 0 Å². The largest absolute Gasteiger partial charge is 0.477 e. The Kier molecular flexibility index (Phi) is 5.34. The summed E-state index contributed by atoms with van der Waals surface area (Å²) in [5.41, 5.74) is 2.19. The van der Waals surface area contributed by atoms with Crippen molar-refractivity contribution < 1.29 is 14.3 Å². The second-order valence-corrected chi connectivity index (χ2v) is 8.09. The molecule has 1 aromatic heterocycles. The number of aromatic carboxylic acids is 1.